The molecular weight excluding hydrogens is 499 g/mol. The predicted molar refractivity (Wildman–Crippen MR) is 124 cm³/mol. The Balaban J connectivity index is 1.41. The van der Waals surface area contributed by atoms with Crippen molar-refractivity contribution in [1.29, 1.82) is 0 Å². The molecule has 190 valence electrons. The van der Waals surface area contributed by atoms with Crippen LogP contribution in [0.15, 0.2) is 65.8 Å². The summed E-state index contributed by atoms with van der Waals surface area (Å²) >= 11 is 0. The van der Waals surface area contributed by atoms with Crippen LogP contribution in [0.25, 0.3) is 11.1 Å². The molecule has 0 spiro atoms. The third kappa shape index (κ3) is 5.48. The van der Waals surface area contributed by atoms with Crippen LogP contribution in [0, 0.1) is 0 Å². The van der Waals surface area contributed by atoms with Crippen LogP contribution in [0.2, 0.25) is 0 Å². The molecule has 1 aromatic carbocycles. The first-order valence-corrected chi connectivity index (χ1v) is 12.2. The summed E-state index contributed by atoms with van der Waals surface area (Å²) in [5, 5.41) is 13.4. The number of benzene rings is 1. The second-order valence-corrected chi connectivity index (χ2v) is 10.2. The van der Waals surface area contributed by atoms with E-state index in [0.29, 0.717) is 17.3 Å². The lowest BCUT2D eigenvalue weighted by Gasteiger charge is -2.35. The zero-order chi connectivity index (χ0) is 26.1. The van der Waals surface area contributed by atoms with E-state index < -0.39 is 39.8 Å². The van der Waals surface area contributed by atoms with Crippen LogP contribution in [0.4, 0.5) is 19.0 Å². The van der Waals surface area contributed by atoms with Gasteiger partial charge in [-0.25, -0.2) is 13.4 Å². The average molecular weight is 522 g/mol. The highest BCUT2D eigenvalue weighted by Crippen LogP contribution is 2.30. The smallest absolute Gasteiger partial charge is 0.390 e. The first-order chi connectivity index (χ1) is 16.9. The summed E-state index contributed by atoms with van der Waals surface area (Å²) in [4.78, 5) is 18.9. The Labute approximate surface area is 204 Å². The molecule has 0 radical (unpaired) electrons. The van der Waals surface area contributed by atoms with Gasteiger partial charge in [-0.1, -0.05) is 18.2 Å². The summed E-state index contributed by atoms with van der Waals surface area (Å²) in [5.41, 5.74) is 5.76. The molecule has 9 nitrogen and oxygen atoms in total. The SMILES string of the molecule is NC(=O)c1ccc(-c2ccc(S(=O)(=O)N3CC[C@@H](Nc4ccc(C(F)(F)F)cn4)[C@@H](O)C3)cc2)cn1. The molecule has 3 aromatic rings. The number of aliphatic hydroxyl groups excluding tert-OH is 1. The number of primary amides is 1. The highest BCUT2D eigenvalue weighted by Gasteiger charge is 2.35. The van der Waals surface area contributed by atoms with Crippen LogP contribution >= 0.6 is 0 Å². The van der Waals surface area contributed by atoms with Gasteiger partial charge in [0.2, 0.25) is 10.0 Å². The molecule has 1 amide bonds. The summed E-state index contributed by atoms with van der Waals surface area (Å²) in [5.74, 6) is -0.503. The number of nitrogens with two attached hydrogens (primary N) is 1. The molecule has 0 saturated carbocycles. The number of piperidine rings is 1. The van der Waals surface area contributed by atoms with Crippen molar-refractivity contribution in [3.8, 4) is 11.1 Å². The van der Waals surface area contributed by atoms with Gasteiger partial charge >= 0.3 is 6.18 Å². The van der Waals surface area contributed by atoms with E-state index in [2.05, 4.69) is 15.3 Å². The average Bonchev–Trinajstić information content (AvgIpc) is 2.85. The molecule has 36 heavy (non-hydrogen) atoms. The number of carbonyl (C=O) groups is 1. The lowest BCUT2D eigenvalue weighted by Crippen LogP contribution is -2.51. The molecule has 4 rings (SSSR count). The van der Waals surface area contributed by atoms with E-state index in [-0.39, 0.29) is 35.9 Å². The number of pyridine rings is 2. The van der Waals surface area contributed by atoms with E-state index in [0.717, 1.165) is 16.4 Å². The molecule has 2 atom stereocenters. The number of hydrogen-bond acceptors (Lipinski definition) is 7. The summed E-state index contributed by atoms with van der Waals surface area (Å²) in [6.45, 7) is -0.0984. The second kappa shape index (κ2) is 9.84. The maximum absolute atomic E-state index is 13.1. The van der Waals surface area contributed by atoms with E-state index in [1.807, 2.05) is 0 Å². The maximum Gasteiger partial charge on any atom is 0.417 e. The number of β-amino-alcohol motifs (C(OH)–C–C–N with tert-alkyl or cyclic N) is 1. The third-order valence-electron chi connectivity index (χ3n) is 5.81. The molecule has 3 heterocycles. The number of nitrogens with zero attached hydrogens (tertiary/aromatic N) is 3. The van der Waals surface area contributed by atoms with Gasteiger partial charge in [0.15, 0.2) is 0 Å². The van der Waals surface area contributed by atoms with Crippen molar-refractivity contribution in [2.75, 3.05) is 18.4 Å². The number of halogens is 3. The van der Waals surface area contributed by atoms with Crippen molar-refractivity contribution >= 4 is 21.7 Å². The largest absolute Gasteiger partial charge is 0.417 e. The van der Waals surface area contributed by atoms with E-state index in [1.165, 1.54) is 24.4 Å². The van der Waals surface area contributed by atoms with Crippen LogP contribution in [0.5, 0.6) is 0 Å². The fraction of sp³-hybridized carbons (Fsp3) is 0.261. The van der Waals surface area contributed by atoms with Gasteiger partial charge in [-0.3, -0.25) is 9.78 Å². The first kappa shape index (κ1) is 25.5. The van der Waals surface area contributed by atoms with E-state index in [9.17, 15) is 31.5 Å². The van der Waals surface area contributed by atoms with Gasteiger partial charge in [-0.15, -0.1) is 0 Å². The Morgan fingerprint density at radius 3 is 2.25 bits per heavy atom. The van der Waals surface area contributed by atoms with Crippen LogP contribution in [0.3, 0.4) is 0 Å². The number of hydrogen-bond donors (Lipinski definition) is 3. The molecule has 1 fully saturated rings. The van der Waals surface area contributed by atoms with Crippen molar-refractivity contribution in [2.45, 2.75) is 29.6 Å². The zero-order valence-corrected chi connectivity index (χ0v) is 19.5. The quantitative estimate of drug-likeness (QED) is 0.453. The minimum atomic E-state index is -4.50. The maximum atomic E-state index is 13.1. The first-order valence-electron chi connectivity index (χ1n) is 10.8. The molecule has 0 bridgehead atoms. The van der Waals surface area contributed by atoms with Gasteiger partial charge in [0.1, 0.15) is 11.5 Å². The molecule has 0 unspecified atom stereocenters. The van der Waals surface area contributed by atoms with Gasteiger partial charge in [0.05, 0.1) is 22.6 Å². The van der Waals surface area contributed by atoms with Gasteiger partial charge in [0, 0.05) is 31.0 Å². The Hall–Kier alpha value is -3.55. The standard InChI is InChI=1S/C23H22F3N5O4S/c24-23(25,26)16-4-8-21(29-12-16)30-18-9-10-31(13-20(18)32)36(34,35)17-5-1-14(2-6-17)15-3-7-19(22(27)33)28-11-15/h1-8,11-12,18,20,32H,9-10,13H2,(H2,27,33)(H,29,30)/t18-,20+/m1/s1. The zero-order valence-electron chi connectivity index (χ0n) is 18.7. The summed E-state index contributed by atoms with van der Waals surface area (Å²) in [6, 6.07) is 10.7. The van der Waals surface area contributed by atoms with Crippen molar-refractivity contribution in [3.63, 3.8) is 0 Å². The predicted octanol–water partition coefficient (Wildman–Crippen LogP) is 2.50. The van der Waals surface area contributed by atoms with Gasteiger partial charge in [0.25, 0.3) is 5.91 Å². The Bertz CT molecular complexity index is 1330. The van der Waals surface area contributed by atoms with E-state index in [4.69, 9.17) is 5.73 Å². The fourth-order valence-electron chi connectivity index (χ4n) is 3.80. The molecule has 0 aliphatic carbocycles. The summed E-state index contributed by atoms with van der Waals surface area (Å²) in [6.07, 6.45) is -3.23. The number of amides is 1. The molecule has 1 saturated heterocycles. The van der Waals surface area contributed by atoms with E-state index in [1.54, 1.807) is 18.2 Å². The highest BCUT2D eigenvalue weighted by atomic mass is 32.2. The molecule has 4 N–H and O–H groups in total. The monoisotopic (exact) mass is 521 g/mol. The second-order valence-electron chi connectivity index (χ2n) is 8.22. The van der Waals surface area contributed by atoms with Gasteiger partial charge in [-0.2, -0.15) is 17.5 Å². The topological polar surface area (TPSA) is 139 Å². The fourth-order valence-corrected chi connectivity index (χ4v) is 5.28. The summed E-state index contributed by atoms with van der Waals surface area (Å²) < 4.78 is 65.5. The van der Waals surface area contributed by atoms with Crippen LogP contribution < -0.4 is 11.1 Å². The minimum Gasteiger partial charge on any atom is -0.390 e. The van der Waals surface area contributed by atoms with Crippen LogP contribution in [-0.4, -0.2) is 58.9 Å². The van der Waals surface area contributed by atoms with Crippen molar-refractivity contribution in [2.24, 2.45) is 5.73 Å². The minimum absolute atomic E-state index is 0.0379. The lowest BCUT2D eigenvalue weighted by atomic mass is 10.0. The molecule has 13 heteroatoms. The Kier molecular flexibility index (Phi) is 6.98. The number of anilines is 1. The lowest BCUT2D eigenvalue weighted by molar-refractivity contribution is -0.137. The van der Waals surface area contributed by atoms with Gasteiger partial charge < -0.3 is 16.2 Å². The van der Waals surface area contributed by atoms with Crippen molar-refractivity contribution < 1.29 is 31.5 Å². The highest BCUT2D eigenvalue weighted by molar-refractivity contribution is 7.89. The van der Waals surface area contributed by atoms with Crippen molar-refractivity contribution in [3.05, 3.63) is 72.2 Å². The Morgan fingerprint density at radius 2 is 1.72 bits per heavy atom. The Morgan fingerprint density at radius 1 is 1.03 bits per heavy atom. The summed E-state index contributed by atoms with van der Waals surface area (Å²) in [7, 11) is -3.90. The van der Waals surface area contributed by atoms with Gasteiger partial charge in [-0.05, 0) is 42.3 Å². The van der Waals surface area contributed by atoms with Crippen LogP contribution in [0.1, 0.15) is 22.5 Å². The number of sulfonamides is 1. The third-order valence-corrected chi connectivity index (χ3v) is 7.69. The number of aromatic nitrogens is 2. The molecule has 2 aromatic heterocycles. The number of alkyl halides is 3. The molecule has 1 aliphatic heterocycles. The van der Waals surface area contributed by atoms with E-state index >= 15 is 0 Å². The normalized spacial score (nSPS) is 19.1. The number of aliphatic hydroxyl groups is 1. The number of carbonyl (C=O) groups excluding carboxylic acids is 1. The molecular formula is C23H22F3N5O4S. The number of nitrogens with one attached hydrogen (secondary N) is 1. The molecule has 1 aliphatic rings. The number of rotatable bonds is 6. The van der Waals surface area contributed by atoms with Crippen molar-refractivity contribution in [1.82, 2.24) is 14.3 Å². The van der Waals surface area contributed by atoms with Crippen LogP contribution in [-0.2, 0) is 16.2 Å².